The minimum Gasteiger partial charge on any atom is -0.493 e. The van der Waals surface area contributed by atoms with E-state index in [0.717, 1.165) is 18.2 Å². The minimum atomic E-state index is -4.55. The molecule has 0 heterocycles. The molecular weight excluding hydrogens is 520 g/mol. The van der Waals surface area contributed by atoms with Crippen LogP contribution in [0.3, 0.4) is 0 Å². The number of amides is 1. The molecule has 1 N–H and O–H groups in total. The lowest BCUT2D eigenvalue weighted by molar-refractivity contribution is -0.143. The third kappa shape index (κ3) is 6.34. The molecule has 0 aliphatic carbocycles. The van der Waals surface area contributed by atoms with Crippen LogP contribution in [0.5, 0.6) is 11.5 Å². The Morgan fingerprint density at radius 3 is 2.57 bits per heavy atom. The van der Waals surface area contributed by atoms with E-state index >= 15 is 0 Å². The standard InChI is InChI=1S/C19H16F3IN2O5/c1-28-15-7-11(6-14(23)17(15)30-10-16(26)29-2)9-24-25-18(27)12-4-3-5-13(8-12)19(20,21)22/h3-9H,10H2,1-2H3,(H,25,27)/b24-9-. The Balaban J connectivity index is 2.12. The van der Waals surface area contributed by atoms with E-state index in [-0.39, 0.29) is 12.2 Å². The summed E-state index contributed by atoms with van der Waals surface area (Å²) in [4.78, 5) is 23.3. The average Bonchev–Trinajstić information content (AvgIpc) is 2.71. The van der Waals surface area contributed by atoms with Crippen LogP contribution in [-0.2, 0) is 15.7 Å². The van der Waals surface area contributed by atoms with Gasteiger partial charge in [-0.25, -0.2) is 10.2 Å². The third-order valence-corrected chi connectivity index (χ3v) is 4.45. The van der Waals surface area contributed by atoms with Gasteiger partial charge in [0.05, 0.1) is 29.6 Å². The minimum absolute atomic E-state index is 0.180. The van der Waals surface area contributed by atoms with Gasteiger partial charge in [-0.1, -0.05) is 6.07 Å². The van der Waals surface area contributed by atoms with E-state index in [2.05, 4.69) is 15.3 Å². The summed E-state index contributed by atoms with van der Waals surface area (Å²) >= 11 is 1.97. The van der Waals surface area contributed by atoms with E-state index in [1.165, 1.54) is 26.5 Å². The molecule has 160 valence electrons. The van der Waals surface area contributed by atoms with Gasteiger partial charge in [-0.05, 0) is 58.5 Å². The molecule has 0 bridgehead atoms. The van der Waals surface area contributed by atoms with Crippen molar-refractivity contribution >= 4 is 40.7 Å². The van der Waals surface area contributed by atoms with Gasteiger partial charge in [-0.3, -0.25) is 4.79 Å². The maximum absolute atomic E-state index is 12.8. The fourth-order valence-electron chi connectivity index (χ4n) is 2.21. The molecule has 7 nitrogen and oxygen atoms in total. The molecule has 1 amide bonds. The lowest BCUT2D eigenvalue weighted by atomic mass is 10.1. The predicted octanol–water partition coefficient (Wildman–Crippen LogP) is 3.63. The van der Waals surface area contributed by atoms with Crippen molar-refractivity contribution < 1.29 is 37.0 Å². The van der Waals surface area contributed by atoms with Gasteiger partial charge in [-0.15, -0.1) is 0 Å². The average molecular weight is 536 g/mol. The Morgan fingerprint density at radius 1 is 1.20 bits per heavy atom. The van der Waals surface area contributed by atoms with E-state index < -0.39 is 23.6 Å². The maximum Gasteiger partial charge on any atom is 0.416 e. The zero-order chi connectivity index (χ0) is 22.3. The SMILES string of the molecule is COC(=O)COc1c(I)cc(/C=N\NC(=O)c2cccc(C(F)(F)F)c2)cc1OC. The highest BCUT2D eigenvalue weighted by atomic mass is 127. The molecule has 2 aromatic carbocycles. The molecule has 0 aromatic heterocycles. The number of methoxy groups -OCH3 is 2. The molecule has 0 atom stereocenters. The summed E-state index contributed by atoms with van der Waals surface area (Å²) in [6.07, 6.45) is -3.26. The van der Waals surface area contributed by atoms with Gasteiger partial charge >= 0.3 is 12.1 Å². The van der Waals surface area contributed by atoms with Crippen molar-refractivity contribution in [1.29, 1.82) is 0 Å². The fraction of sp³-hybridized carbons (Fsp3) is 0.211. The summed E-state index contributed by atoms with van der Waals surface area (Å²) in [7, 11) is 2.65. The van der Waals surface area contributed by atoms with Gasteiger partial charge in [-0.2, -0.15) is 18.3 Å². The number of nitrogens with one attached hydrogen (secondary N) is 1. The molecule has 0 fully saturated rings. The van der Waals surface area contributed by atoms with Crippen molar-refractivity contribution in [2.24, 2.45) is 5.10 Å². The predicted molar refractivity (Wildman–Crippen MR) is 110 cm³/mol. The Kier molecular flexibility index (Phi) is 8.03. The third-order valence-electron chi connectivity index (χ3n) is 3.65. The summed E-state index contributed by atoms with van der Waals surface area (Å²) in [6, 6.07) is 7.20. The first-order valence-electron chi connectivity index (χ1n) is 8.23. The smallest absolute Gasteiger partial charge is 0.416 e. The first-order valence-corrected chi connectivity index (χ1v) is 9.31. The summed E-state index contributed by atoms with van der Waals surface area (Å²) in [5, 5.41) is 3.76. The topological polar surface area (TPSA) is 86.2 Å². The number of carbonyl (C=O) groups is 2. The number of hydrogen-bond acceptors (Lipinski definition) is 6. The molecule has 0 unspecified atom stereocenters. The number of alkyl halides is 3. The van der Waals surface area contributed by atoms with Crippen LogP contribution >= 0.6 is 22.6 Å². The van der Waals surface area contributed by atoms with Crippen LogP contribution in [0.1, 0.15) is 21.5 Å². The van der Waals surface area contributed by atoms with Gasteiger partial charge in [0.25, 0.3) is 5.91 Å². The Labute approximate surface area is 183 Å². The van der Waals surface area contributed by atoms with Crippen LogP contribution in [0.2, 0.25) is 0 Å². The first kappa shape index (κ1) is 23.4. The number of nitrogens with zero attached hydrogens (tertiary/aromatic N) is 1. The number of esters is 1. The molecule has 0 spiro atoms. The van der Waals surface area contributed by atoms with E-state index in [0.29, 0.717) is 20.6 Å². The Bertz CT molecular complexity index is 964. The molecule has 11 heteroatoms. The highest BCUT2D eigenvalue weighted by Crippen LogP contribution is 2.33. The number of halogens is 4. The molecule has 0 saturated heterocycles. The van der Waals surface area contributed by atoms with Crippen LogP contribution in [-0.4, -0.2) is 38.9 Å². The van der Waals surface area contributed by atoms with Gasteiger partial charge in [0.15, 0.2) is 18.1 Å². The van der Waals surface area contributed by atoms with Crippen molar-refractivity contribution in [1.82, 2.24) is 5.43 Å². The van der Waals surface area contributed by atoms with Crippen molar-refractivity contribution in [3.63, 3.8) is 0 Å². The van der Waals surface area contributed by atoms with Crippen molar-refractivity contribution in [3.05, 3.63) is 56.7 Å². The van der Waals surface area contributed by atoms with Crippen LogP contribution in [0.15, 0.2) is 41.5 Å². The van der Waals surface area contributed by atoms with Crippen molar-refractivity contribution in [3.8, 4) is 11.5 Å². The Morgan fingerprint density at radius 2 is 1.93 bits per heavy atom. The summed E-state index contributed by atoms with van der Waals surface area (Å²) < 4.78 is 54.0. The monoisotopic (exact) mass is 536 g/mol. The number of hydrogen-bond donors (Lipinski definition) is 1. The van der Waals surface area contributed by atoms with Gasteiger partial charge in [0.1, 0.15) is 0 Å². The van der Waals surface area contributed by atoms with Gasteiger partial charge in [0.2, 0.25) is 0 Å². The fourth-order valence-corrected chi connectivity index (χ4v) is 2.99. The second-order valence-corrected chi connectivity index (χ2v) is 6.84. The number of benzene rings is 2. The number of carbonyl (C=O) groups excluding carboxylic acids is 2. The van der Waals surface area contributed by atoms with E-state index in [4.69, 9.17) is 9.47 Å². The molecule has 0 aliphatic rings. The van der Waals surface area contributed by atoms with E-state index in [9.17, 15) is 22.8 Å². The van der Waals surface area contributed by atoms with E-state index in [1.54, 1.807) is 12.1 Å². The van der Waals surface area contributed by atoms with Crippen LogP contribution < -0.4 is 14.9 Å². The van der Waals surface area contributed by atoms with Gasteiger partial charge in [0, 0.05) is 5.56 Å². The number of ether oxygens (including phenoxy) is 3. The molecule has 2 aromatic rings. The quantitative estimate of drug-likeness (QED) is 0.253. The summed E-state index contributed by atoms with van der Waals surface area (Å²) in [5.74, 6) is -0.710. The molecule has 0 aliphatic heterocycles. The lowest BCUT2D eigenvalue weighted by Crippen LogP contribution is -2.18. The summed E-state index contributed by atoms with van der Waals surface area (Å²) in [5.41, 5.74) is 1.58. The largest absolute Gasteiger partial charge is 0.493 e. The van der Waals surface area contributed by atoms with E-state index in [1.807, 2.05) is 22.6 Å². The summed E-state index contributed by atoms with van der Waals surface area (Å²) in [6.45, 7) is -0.302. The van der Waals surface area contributed by atoms with Crippen molar-refractivity contribution in [2.45, 2.75) is 6.18 Å². The highest BCUT2D eigenvalue weighted by molar-refractivity contribution is 14.1. The molecule has 0 saturated carbocycles. The second-order valence-electron chi connectivity index (χ2n) is 5.68. The lowest BCUT2D eigenvalue weighted by Gasteiger charge is -2.12. The zero-order valence-electron chi connectivity index (χ0n) is 15.7. The Hall–Kier alpha value is -2.83. The number of hydrazone groups is 1. The van der Waals surface area contributed by atoms with Crippen LogP contribution in [0.4, 0.5) is 13.2 Å². The zero-order valence-corrected chi connectivity index (χ0v) is 17.9. The molecule has 30 heavy (non-hydrogen) atoms. The highest BCUT2D eigenvalue weighted by Gasteiger charge is 2.30. The molecule has 0 radical (unpaired) electrons. The number of rotatable bonds is 7. The normalized spacial score (nSPS) is 11.3. The van der Waals surface area contributed by atoms with Crippen molar-refractivity contribution in [2.75, 3.05) is 20.8 Å². The second kappa shape index (κ2) is 10.3. The first-order chi connectivity index (χ1) is 14.2. The van der Waals surface area contributed by atoms with Crippen LogP contribution in [0, 0.1) is 3.57 Å². The van der Waals surface area contributed by atoms with Gasteiger partial charge < -0.3 is 14.2 Å². The maximum atomic E-state index is 12.8. The van der Waals surface area contributed by atoms with Crippen LogP contribution in [0.25, 0.3) is 0 Å². The molecule has 2 rings (SSSR count). The molecular formula is C19H16F3IN2O5.